The van der Waals surface area contributed by atoms with Gasteiger partial charge in [0.25, 0.3) is 6.01 Å². The Kier molecular flexibility index (Phi) is 12.2. The number of carbonyl (C=O) groups is 4. The lowest BCUT2D eigenvalue weighted by molar-refractivity contribution is -0.159. The van der Waals surface area contributed by atoms with Gasteiger partial charge in [-0.05, 0) is 91.2 Å². The molecule has 60 heavy (non-hydrogen) atoms. The Bertz CT molecular complexity index is 2280. The number of ether oxygens (including phenoxy) is 2. The predicted molar refractivity (Wildman–Crippen MR) is 231 cm³/mol. The molecule has 4 heterocycles. The Morgan fingerprint density at radius 1 is 1.03 bits per heavy atom. The number of Topliss-reactive ketones (excluding diaryl/α,β-unsaturated/α-hetero) is 1. The first-order valence-electron chi connectivity index (χ1n) is 21.6. The van der Waals surface area contributed by atoms with Gasteiger partial charge in [0.15, 0.2) is 5.78 Å². The van der Waals surface area contributed by atoms with Crippen molar-refractivity contribution in [1.82, 2.24) is 24.2 Å². The fourth-order valence-electron chi connectivity index (χ4n) is 8.65. The van der Waals surface area contributed by atoms with Crippen LogP contribution in [0.15, 0.2) is 35.7 Å². The lowest BCUT2D eigenvalue weighted by atomic mass is 9.90. The lowest BCUT2D eigenvalue weighted by Gasteiger charge is -2.29. The zero-order valence-electron chi connectivity index (χ0n) is 36.3. The molecule has 326 valence electrons. The van der Waals surface area contributed by atoms with E-state index in [9.17, 15) is 27.6 Å². The molecule has 3 fully saturated rings. The molecule has 2 aromatic heterocycles. The largest absolute Gasteiger partial charge is 0.460 e. The van der Waals surface area contributed by atoms with E-state index in [4.69, 9.17) is 19.4 Å². The standard InChI is InChI=1S/C45H61N5O8S2/c1-27(2)50-33-18-14-17-32(39-46-36(26-59-39)43(3,4)5)38(33)47-42(50)57-30-22-34-35(51)24-45(41(54)48-60(55,56)31-19-20-31)23-29(45)16-13-11-9-10-12-15-28(40(53)49(34)25-30)21-37(52)58-44(6,7)8/h13-14,16-18,26-31,34H,9-12,15,19-25H2,1-8H3,(H,48,54)/b16-13-/t28-,29-,30-,34+,45-/m1/s1. The SMILES string of the molecule is CC(C)n1c(O[C@@H]2C[C@H]3C(=O)C[C@]4(C(=O)NS(=O)(=O)C5CC5)C[C@H]4/C=C\CCCCC[C@H](CC(=O)OC(C)(C)C)C(=O)N3C2)nc2c(-c3nc(C(C)(C)C)cs3)cccc21. The Morgan fingerprint density at radius 2 is 1.78 bits per heavy atom. The van der Waals surface area contributed by atoms with Crippen molar-refractivity contribution < 1.29 is 37.1 Å². The van der Waals surface area contributed by atoms with Crippen LogP contribution in [-0.4, -0.2) is 81.0 Å². The number of ketones is 1. The van der Waals surface area contributed by atoms with Crippen molar-refractivity contribution in [3.05, 3.63) is 41.4 Å². The zero-order valence-corrected chi connectivity index (χ0v) is 37.9. The van der Waals surface area contributed by atoms with Gasteiger partial charge in [-0.2, -0.15) is 4.98 Å². The van der Waals surface area contributed by atoms with Crippen LogP contribution in [0.1, 0.15) is 138 Å². The van der Waals surface area contributed by atoms with Gasteiger partial charge in [-0.15, -0.1) is 11.3 Å². The number of hydrogen-bond acceptors (Lipinski definition) is 11. The average molecular weight is 864 g/mol. The van der Waals surface area contributed by atoms with Gasteiger partial charge < -0.3 is 14.4 Å². The normalized spacial score (nSPS) is 26.2. The van der Waals surface area contributed by atoms with E-state index < -0.39 is 56.2 Å². The summed E-state index contributed by atoms with van der Waals surface area (Å²) in [5, 5.41) is 2.33. The van der Waals surface area contributed by atoms with Crippen molar-refractivity contribution in [1.29, 1.82) is 0 Å². The molecule has 3 aromatic rings. The molecule has 2 aliphatic carbocycles. The summed E-state index contributed by atoms with van der Waals surface area (Å²) in [7, 11) is -3.86. The van der Waals surface area contributed by atoms with Gasteiger partial charge in [0.1, 0.15) is 22.2 Å². The van der Waals surface area contributed by atoms with Crippen molar-refractivity contribution in [3.63, 3.8) is 0 Å². The van der Waals surface area contributed by atoms with Gasteiger partial charge in [0.2, 0.25) is 21.8 Å². The van der Waals surface area contributed by atoms with Crippen LogP contribution < -0.4 is 9.46 Å². The quantitative estimate of drug-likeness (QED) is 0.166. The molecule has 15 heteroatoms. The number of nitrogens with one attached hydrogen (secondary N) is 1. The fourth-order valence-corrected chi connectivity index (χ4v) is 11.1. The molecule has 2 aliphatic heterocycles. The maximum absolute atomic E-state index is 14.8. The number of para-hydroxylation sites is 1. The molecule has 0 bridgehead atoms. The van der Waals surface area contributed by atoms with Crippen molar-refractivity contribution in [2.24, 2.45) is 17.3 Å². The van der Waals surface area contributed by atoms with Crippen LogP contribution in [0, 0.1) is 17.3 Å². The summed E-state index contributed by atoms with van der Waals surface area (Å²) in [4.78, 5) is 68.2. The van der Waals surface area contributed by atoms with E-state index in [-0.39, 0.29) is 54.9 Å². The van der Waals surface area contributed by atoms with Crippen molar-refractivity contribution in [2.75, 3.05) is 6.54 Å². The highest BCUT2D eigenvalue weighted by Gasteiger charge is 2.61. The molecule has 4 aliphatic rings. The minimum Gasteiger partial charge on any atom is -0.460 e. The summed E-state index contributed by atoms with van der Waals surface area (Å²) in [5.41, 5.74) is 1.36. The monoisotopic (exact) mass is 863 g/mol. The molecule has 0 radical (unpaired) electrons. The molecule has 5 atom stereocenters. The number of allylic oxidation sites excluding steroid dienone is 2. The van der Waals surface area contributed by atoms with Crippen molar-refractivity contribution in [2.45, 2.75) is 160 Å². The third-order valence-corrected chi connectivity index (χ3v) is 14.8. The Labute approximate surface area is 358 Å². The Hall–Kier alpha value is -4.11. The molecular weight excluding hydrogens is 803 g/mol. The van der Waals surface area contributed by atoms with Crippen LogP contribution in [0.3, 0.4) is 0 Å². The van der Waals surface area contributed by atoms with E-state index >= 15 is 0 Å². The summed E-state index contributed by atoms with van der Waals surface area (Å²) >= 11 is 1.57. The van der Waals surface area contributed by atoms with Gasteiger partial charge in [0.05, 0.1) is 40.9 Å². The number of carbonyl (C=O) groups excluding carboxylic acids is 4. The molecule has 1 aromatic carbocycles. The zero-order chi connectivity index (χ0) is 43.4. The topological polar surface area (TPSA) is 167 Å². The van der Waals surface area contributed by atoms with Crippen LogP contribution in [0.4, 0.5) is 0 Å². The molecule has 7 rings (SSSR count). The van der Waals surface area contributed by atoms with Crippen LogP contribution in [0.5, 0.6) is 6.01 Å². The van der Waals surface area contributed by atoms with E-state index in [1.807, 2.05) is 48.8 Å². The van der Waals surface area contributed by atoms with Gasteiger partial charge >= 0.3 is 5.97 Å². The minimum absolute atomic E-state index is 0.0554. The molecule has 2 saturated carbocycles. The number of benzene rings is 1. The number of hydrogen-bond donors (Lipinski definition) is 1. The number of rotatable bonds is 9. The van der Waals surface area contributed by atoms with Gasteiger partial charge in [0, 0.05) is 41.2 Å². The first kappa shape index (κ1) is 44.0. The summed E-state index contributed by atoms with van der Waals surface area (Å²) in [6.45, 7) is 15.9. The highest BCUT2D eigenvalue weighted by Crippen LogP contribution is 2.57. The third kappa shape index (κ3) is 9.51. The van der Waals surface area contributed by atoms with E-state index in [1.54, 1.807) is 37.0 Å². The molecule has 0 spiro atoms. The maximum Gasteiger partial charge on any atom is 0.307 e. The first-order valence-corrected chi connectivity index (χ1v) is 24.0. The maximum atomic E-state index is 14.8. The van der Waals surface area contributed by atoms with E-state index in [0.717, 1.165) is 46.6 Å². The highest BCUT2D eigenvalue weighted by molar-refractivity contribution is 7.90. The second-order valence-electron chi connectivity index (χ2n) is 19.6. The van der Waals surface area contributed by atoms with Crippen LogP contribution in [0.2, 0.25) is 0 Å². The van der Waals surface area contributed by atoms with Crippen LogP contribution in [0.25, 0.3) is 21.6 Å². The average Bonchev–Trinajstić information content (AvgIpc) is 3.95. The van der Waals surface area contributed by atoms with E-state index in [2.05, 4.69) is 30.9 Å². The Morgan fingerprint density at radius 3 is 2.45 bits per heavy atom. The molecule has 1 saturated heterocycles. The van der Waals surface area contributed by atoms with Crippen molar-refractivity contribution in [3.8, 4) is 16.6 Å². The molecule has 0 unspecified atom stereocenters. The van der Waals surface area contributed by atoms with Gasteiger partial charge in [-0.25, -0.2) is 13.4 Å². The summed E-state index contributed by atoms with van der Waals surface area (Å²) < 4.78 is 42.7. The molecular formula is C45H61N5O8S2. The fraction of sp³-hybridized carbons (Fsp3) is 0.644. The summed E-state index contributed by atoms with van der Waals surface area (Å²) in [6, 6.07) is 5.31. The number of fused-ring (bicyclic) bond motifs is 3. The predicted octanol–water partition coefficient (Wildman–Crippen LogP) is 7.83. The molecule has 1 N–H and O–H groups in total. The highest BCUT2D eigenvalue weighted by atomic mass is 32.2. The van der Waals surface area contributed by atoms with Crippen molar-refractivity contribution >= 4 is 56.0 Å². The minimum atomic E-state index is -3.86. The number of thiazole rings is 1. The van der Waals surface area contributed by atoms with Gasteiger partial charge in [-0.3, -0.25) is 28.5 Å². The number of sulfonamides is 1. The summed E-state index contributed by atoms with van der Waals surface area (Å²) in [6.07, 6.45) is 7.96. The second kappa shape index (κ2) is 16.6. The van der Waals surface area contributed by atoms with E-state index in [0.29, 0.717) is 38.1 Å². The number of esters is 1. The van der Waals surface area contributed by atoms with Crippen LogP contribution in [-0.2, 0) is 39.4 Å². The second-order valence-corrected chi connectivity index (χ2v) is 22.5. The number of imidazole rings is 1. The Balaban J connectivity index is 1.22. The number of amides is 2. The van der Waals surface area contributed by atoms with Crippen LogP contribution >= 0.6 is 11.3 Å². The summed E-state index contributed by atoms with van der Waals surface area (Å²) in [5.74, 6) is -2.86. The smallest absolute Gasteiger partial charge is 0.307 e. The number of nitrogens with zero attached hydrogens (tertiary/aromatic N) is 4. The third-order valence-electron chi connectivity index (χ3n) is 12.1. The number of aromatic nitrogens is 3. The lowest BCUT2D eigenvalue weighted by Crippen LogP contribution is -2.46. The molecule has 2 amide bonds. The van der Waals surface area contributed by atoms with Gasteiger partial charge in [-0.1, -0.05) is 51.8 Å². The molecule has 13 nitrogen and oxygen atoms in total. The first-order chi connectivity index (χ1) is 28.2. The van der Waals surface area contributed by atoms with E-state index in [1.165, 1.54) is 0 Å².